The molecule has 0 saturated heterocycles. The van der Waals surface area contributed by atoms with Gasteiger partial charge >= 0.3 is 0 Å². The quantitative estimate of drug-likeness (QED) is 0.624. The predicted molar refractivity (Wildman–Crippen MR) is 121 cm³/mol. The molecule has 2 bridgehead atoms. The highest BCUT2D eigenvalue weighted by Crippen LogP contribution is 2.73. The van der Waals surface area contributed by atoms with Gasteiger partial charge in [-0.1, -0.05) is 0 Å². The van der Waals surface area contributed by atoms with Gasteiger partial charge in [-0.15, -0.1) is 0 Å². The zero-order valence-electron chi connectivity index (χ0n) is 18.7. The first-order valence-corrected chi connectivity index (χ1v) is 11.5. The van der Waals surface area contributed by atoms with Gasteiger partial charge in [0.15, 0.2) is 0 Å². The maximum absolute atomic E-state index is 13.3. The van der Waals surface area contributed by atoms with Gasteiger partial charge < -0.3 is 19.0 Å². The van der Waals surface area contributed by atoms with Crippen LogP contribution in [0.25, 0.3) is 5.65 Å². The van der Waals surface area contributed by atoms with Gasteiger partial charge in [-0.3, -0.25) is 9.59 Å². The average Bonchev–Trinajstić information content (AvgIpc) is 3.46. The molecule has 0 aliphatic heterocycles. The topological polar surface area (TPSA) is 101 Å². The minimum Gasteiger partial charge on any atom is -0.490 e. The maximum Gasteiger partial charge on any atom is 0.274 e. The normalized spacial score (nSPS) is 25.3. The van der Waals surface area contributed by atoms with E-state index in [1.54, 1.807) is 35.2 Å². The number of amides is 1. The fourth-order valence-corrected chi connectivity index (χ4v) is 5.41. The number of anilines is 1. The van der Waals surface area contributed by atoms with Gasteiger partial charge in [0.1, 0.15) is 17.1 Å². The van der Waals surface area contributed by atoms with Gasteiger partial charge in [0.2, 0.25) is 0 Å². The summed E-state index contributed by atoms with van der Waals surface area (Å²) >= 11 is 0. The van der Waals surface area contributed by atoms with Gasteiger partial charge in [0.05, 0.1) is 28.8 Å². The summed E-state index contributed by atoms with van der Waals surface area (Å²) in [5.41, 5.74) is 1.89. The number of carbonyl (C=O) groups excluding carboxylic acids is 1. The molecule has 4 fully saturated rings. The molecule has 4 aliphatic rings. The fourth-order valence-electron chi connectivity index (χ4n) is 5.41. The Labute approximate surface area is 190 Å². The van der Waals surface area contributed by atoms with Gasteiger partial charge in [0, 0.05) is 36.1 Å². The van der Waals surface area contributed by atoms with Crippen molar-refractivity contribution >= 4 is 17.2 Å². The van der Waals surface area contributed by atoms with Gasteiger partial charge in [-0.25, -0.2) is 4.98 Å². The fraction of sp³-hybridized carbons (Fsp3) is 0.440. The van der Waals surface area contributed by atoms with Crippen molar-refractivity contribution in [1.29, 1.82) is 5.26 Å². The first-order valence-electron chi connectivity index (χ1n) is 11.5. The standard InChI is InChI=1S/C25H25N5O3/c1-15(2)33-19-8-21-28-20(25-11-24(12-25,13-25)14-26)10-29(21)9-17(19)22(31)27-18-4-3-7-30(23(18)32)16-5-6-16/h3-4,7-10,15-16H,5-6,11-13H2,1-2H3,(H,27,31). The molecule has 3 heterocycles. The lowest BCUT2D eigenvalue weighted by atomic mass is 9.35. The van der Waals surface area contributed by atoms with Crippen LogP contribution in [-0.2, 0) is 5.41 Å². The molecule has 4 saturated carbocycles. The molecule has 0 unspecified atom stereocenters. The Bertz CT molecular complexity index is 1390. The number of carbonyl (C=O) groups is 1. The Morgan fingerprint density at radius 3 is 2.73 bits per heavy atom. The van der Waals surface area contributed by atoms with Crippen molar-refractivity contribution < 1.29 is 9.53 Å². The first-order chi connectivity index (χ1) is 15.8. The number of nitrogens with one attached hydrogen (secondary N) is 1. The van der Waals surface area contributed by atoms with E-state index in [2.05, 4.69) is 11.4 Å². The Morgan fingerprint density at radius 2 is 2.06 bits per heavy atom. The largest absolute Gasteiger partial charge is 0.490 e. The summed E-state index contributed by atoms with van der Waals surface area (Å²) in [6, 6.07) is 7.85. The minimum atomic E-state index is -0.401. The second-order valence-electron chi connectivity index (χ2n) is 10.1. The lowest BCUT2D eigenvalue weighted by Gasteiger charge is -2.66. The number of nitriles is 1. The molecule has 7 rings (SSSR count). The van der Waals surface area contributed by atoms with Crippen molar-refractivity contribution in [3.8, 4) is 11.8 Å². The molecular weight excluding hydrogens is 418 g/mol. The second kappa shape index (κ2) is 6.70. The third-order valence-corrected chi connectivity index (χ3v) is 7.14. The van der Waals surface area contributed by atoms with E-state index in [9.17, 15) is 14.9 Å². The molecule has 3 aromatic heterocycles. The molecule has 33 heavy (non-hydrogen) atoms. The molecule has 8 nitrogen and oxygen atoms in total. The second-order valence-corrected chi connectivity index (χ2v) is 10.1. The van der Waals surface area contributed by atoms with E-state index in [0.29, 0.717) is 17.0 Å². The van der Waals surface area contributed by atoms with E-state index in [0.717, 1.165) is 37.8 Å². The lowest BCUT2D eigenvalue weighted by molar-refractivity contribution is -0.0953. The van der Waals surface area contributed by atoms with Crippen molar-refractivity contribution in [2.75, 3.05) is 5.32 Å². The lowest BCUT2D eigenvalue weighted by Crippen LogP contribution is -2.63. The summed E-state index contributed by atoms with van der Waals surface area (Å²) in [6.45, 7) is 3.80. The number of aromatic nitrogens is 3. The van der Waals surface area contributed by atoms with Crippen LogP contribution in [0.15, 0.2) is 41.6 Å². The third-order valence-electron chi connectivity index (χ3n) is 7.14. The summed E-state index contributed by atoms with van der Waals surface area (Å²) in [6.07, 6.45) is 9.83. The summed E-state index contributed by atoms with van der Waals surface area (Å²) in [7, 11) is 0. The van der Waals surface area contributed by atoms with Crippen LogP contribution in [0.3, 0.4) is 0 Å². The molecule has 1 amide bonds. The maximum atomic E-state index is 13.3. The van der Waals surface area contributed by atoms with Crippen LogP contribution in [0.1, 0.15) is 68.0 Å². The van der Waals surface area contributed by atoms with E-state index in [-0.39, 0.29) is 34.2 Å². The number of pyridine rings is 2. The van der Waals surface area contributed by atoms with Crippen molar-refractivity contribution in [3.63, 3.8) is 0 Å². The summed E-state index contributed by atoms with van der Waals surface area (Å²) in [5.74, 6) is 0.0269. The van der Waals surface area contributed by atoms with Gasteiger partial charge in [-0.05, 0) is 58.1 Å². The molecule has 1 N–H and O–H groups in total. The number of hydrogen-bond donors (Lipinski definition) is 1. The van der Waals surface area contributed by atoms with Gasteiger partial charge in [0.25, 0.3) is 11.5 Å². The van der Waals surface area contributed by atoms with Crippen LogP contribution >= 0.6 is 0 Å². The molecule has 0 aromatic carbocycles. The van der Waals surface area contributed by atoms with Crippen LogP contribution in [0, 0.1) is 16.7 Å². The van der Waals surface area contributed by atoms with Crippen LogP contribution < -0.4 is 15.6 Å². The van der Waals surface area contributed by atoms with Crippen molar-refractivity contribution in [1.82, 2.24) is 14.0 Å². The highest BCUT2D eigenvalue weighted by molar-refractivity contribution is 6.06. The van der Waals surface area contributed by atoms with E-state index in [1.165, 1.54) is 0 Å². The molecule has 3 aromatic rings. The minimum absolute atomic E-state index is 0.0127. The van der Waals surface area contributed by atoms with Crippen LogP contribution in [0.2, 0.25) is 0 Å². The number of nitrogens with zero attached hydrogens (tertiary/aromatic N) is 4. The molecule has 0 radical (unpaired) electrons. The number of hydrogen-bond acceptors (Lipinski definition) is 5. The van der Waals surface area contributed by atoms with Gasteiger partial charge in [-0.2, -0.15) is 5.26 Å². The van der Waals surface area contributed by atoms with E-state index in [1.807, 2.05) is 24.4 Å². The van der Waals surface area contributed by atoms with Crippen molar-refractivity contribution in [3.05, 3.63) is 58.4 Å². The Balaban J connectivity index is 1.34. The number of imidazole rings is 1. The molecular formula is C25H25N5O3. The van der Waals surface area contributed by atoms with E-state index >= 15 is 0 Å². The molecule has 0 atom stereocenters. The smallest absolute Gasteiger partial charge is 0.274 e. The third kappa shape index (κ3) is 3.06. The SMILES string of the molecule is CC(C)Oc1cc2nc(C34CC(C#N)(C3)C4)cn2cc1C(=O)Nc1cccn(C2CC2)c1=O. The Morgan fingerprint density at radius 1 is 1.30 bits per heavy atom. The molecule has 8 heteroatoms. The molecule has 168 valence electrons. The highest BCUT2D eigenvalue weighted by Gasteiger charge is 2.70. The van der Waals surface area contributed by atoms with E-state index in [4.69, 9.17) is 9.72 Å². The van der Waals surface area contributed by atoms with Crippen LogP contribution in [0.4, 0.5) is 5.69 Å². The summed E-state index contributed by atoms with van der Waals surface area (Å²) in [5, 5.41) is 12.1. The monoisotopic (exact) mass is 443 g/mol. The number of rotatable bonds is 6. The number of fused-ring (bicyclic) bond motifs is 1. The Hall–Kier alpha value is -3.60. The van der Waals surface area contributed by atoms with Crippen LogP contribution in [-0.4, -0.2) is 26.0 Å². The first kappa shape index (κ1) is 20.0. The van der Waals surface area contributed by atoms with Crippen molar-refractivity contribution in [2.45, 2.75) is 63.5 Å². The zero-order valence-corrected chi connectivity index (χ0v) is 18.7. The molecule has 0 spiro atoms. The zero-order chi connectivity index (χ0) is 23.0. The average molecular weight is 444 g/mol. The number of ether oxygens (including phenoxy) is 1. The summed E-state index contributed by atoms with van der Waals surface area (Å²) < 4.78 is 9.47. The van der Waals surface area contributed by atoms with Crippen LogP contribution in [0.5, 0.6) is 5.75 Å². The predicted octanol–water partition coefficient (Wildman–Crippen LogP) is 3.82. The molecule has 4 aliphatic carbocycles. The summed E-state index contributed by atoms with van der Waals surface area (Å²) in [4.78, 5) is 30.8. The van der Waals surface area contributed by atoms with Crippen molar-refractivity contribution in [2.24, 2.45) is 5.41 Å². The Kier molecular flexibility index (Phi) is 4.07. The van der Waals surface area contributed by atoms with E-state index < -0.39 is 5.91 Å². The highest BCUT2D eigenvalue weighted by atomic mass is 16.5.